The fourth-order valence-electron chi connectivity index (χ4n) is 1.63. The Kier molecular flexibility index (Phi) is 2.97. The van der Waals surface area contributed by atoms with Gasteiger partial charge in [0, 0.05) is 7.11 Å². The van der Waals surface area contributed by atoms with Gasteiger partial charge in [-0.25, -0.2) is 4.79 Å². The minimum absolute atomic E-state index is 0.127. The van der Waals surface area contributed by atoms with E-state index in [0.717, 1.165) is 0 Å². The first-order valence-electron chi connectivity index (χ1n) is 5.06. The van der Waals surface area contributed by atoms with Crippen molar-refractivity contribution >= 4 is 23.3 Å². The summed E-state index contributed by atoms with van der Waals surface area (Å²) in [5, 5.41) is 14.5. The molecule has 6 heteroatoms. The van der Waals surface area contributed by atoms with E-state index in [2.05, 4.69) is 10.6 Å². The molecule has 90 valence electrons. The number of nitrogens with one attached hydrogen (secondary N) is 2. The molecule has 0 bridgehead atoms. The van der Waals surface area contributed by atoms with E-state index in [4.69, 9.17) is 9.84 Å². The zero-order chi connectivity index (χ0) is 12.4. The molecule has 1 aromatic carbocycles. The van der Waals surface area contributed by atoms with E-state index in [0.29, 0.717) is 17.9 Å². The van der Waals surface area contributed by atoms with Crippen molar-refractivity contribution < 1.29 is 19.4 Å². The number of hydrogen-bond acceptors (Lipinski definition) is 4. The van der Waals surface area contributed by atoms with Crippen molar-refractivity contribution in [3.05, 3.63) is 23.8 Å². The molecule has 1 amide bonds. The Bertz CT molecular complexity index is 473. The lowest BCUT2D eigenvalue weighted by Crippen LogP contribution is -2.32. The standard InChI is InChI=1S/C11H12N2O4/c1-17-9-5-12-7-3-2-6(11(15)16)4-8(7)13-10(9)14/h2-4,9,12H,5H2,1H3,(H,13,14)(H,15,16). The Balaban J connectivity index is 2.34. The second-order valence-corrected chi connectivity index (χ2v) is 3.66. The highest BCUT2D eigenvalue weighted by Gasteiger charge is 2.23. The lowest BCUT2D eigenvalue weighted by atomic mass is 10.1. The molecule has 1 unspecified atom stereocenters. The monoisotopic (exact) mass is 236 g/mol. The zero-order valence-corrected chi connectivity index (χ0v) is 9.19. The molecular formula is C11H12N2O4. The molecule has 0 saturated heterocycles. The number of hydrogen-bond donors (Lipinski definition) is 3. The van der Waals surface area contributed by atoms with Gasteiger partial charge in [0.05, 0.1) is 23.5 Å². The van der Waals surface area contributed by atoms with Crippen molar-refractivity contribution in [2.75, 3.05) is 24.3 Å². The summed E-state index contributed by atoms with van der Waals surface area (Å²) >= 11 is 0. The average molecular weight is 236 g/mol. The molecule has 3 N–H and O–H groups in total. The minimum atomic E-state index is -1.03. The van der Waals surface area contributed by atoms with Crippen molar-refractivity contribution in [3.8, 4) is 0 Å². The summed E-state index contributed by atoms with van der Waals surface area (Å²) in [5.74, 6) is -1.32. The molecule has 0 radical (unpaired) electrons. The zero-order valence-electron chi connectivity index (χ0n) is 9.19. The van der Waals surface area contributed by atoms with E-state index in [1.54, 1.807) is 6.07 Å². The average Bonchev–Trinajstić information content (AvgIpc) is 2.46. The number of anilines is 2. The maximum atomic E-state index is 11.7. The molecule has 1 atom stereocenters. The van der Waals surface area contributed by atoms with E-state index in [-0.39, 0.29) is 11.5 Å². The number of methoxy groups -OCH3 is 1. The molecule has 0 spiro atoms. The lowest BCUT2D eigenvalue weighted by molar-refractivity contribution is -0.124. The minimum Gasteiger partial charge on any atom is -0.478 e. The van der Waals surface area contributed by atoms with Crippen LogP contribution in [0.25, 0.3) is 0 Å². The lowest BCUT2D eigenvalue weighted by Gasteiger charge is -2.09. The summed E-state index contributed by atoms with van der Waals surface area (Å²) in [5.41, 5.74) is 1.26. The molecule has 2 rings (SSSR count). The van der Waals surface area contributed by atoms with Crippen LogP contribution in [0.5, 0.6) is 0 Å². The van der Waals surface area contributed by atoms with Gasteiger partial charge in [0.2, 0.25) is 0 Å². The highest BCUT2D eigenvalue weighted by atomic mass is 16.5. The van der Waals surface area contributed by atoms with E-state index in [9.17, 15) is 9.59 Å². The van der Waals surface area contributed by atoms with Gasteiger partial charge in [-0.05, 0) is 18.2 Å². The van der Waals surface area contributed by atoms with Crippen LogP contribution in [0.1, 0.15) is 10.4 Å². The Labute approximate surface area is 97.6 Å². The molecule has 0 fully saturated rings. The van der Waals surface area contributed by atoms with E-state index >= 15 is 0 Å². The van der Waals surface area contributed by atoms with Gasteiger partial charge < -0.3 is 20.5 Å². The van der Waals surface area contributed by atoms with Gasteiger partial charge in [0.1, 0.15) is 0 Å². The van der Waals surface area contributed by atoms with Crippen LogP contribution in [0.15, 0.2) is 18.2 Å². The van der Waals surface area contributed by atoms with Crippen LogP contribution < -0.4 is 10.6 Å². The number of fused-ring (bicyclic) bond motifs is 1. The first-order chi connectivity index (χ1) is 8.11. The highest BCUT2D eigenvalue weighted by Crippen LogP contribution is 2.25. The van der Waals surface area contributed by atoms with E-state index in [1.807, 2.05) is 0 Å². The smallest absolute Gasteiger partial charge is 0.335 e. The second-order valence-electron chi connectivity index (χ2n) is 3.66. The van der Waals surface area contributed by atoms with Crippen LogP contribution >= 0.6 is 0 Å². The number of benzene rings is 1. The van der Waals surface area contributed by atoms with Crippen LogP contribution in [-0.4, -0.2) is 36.7 Å². The summed E-state index contributed by atoms with van der Waals surface area (Å²) in [7, 11) is 1.45. The third-order valence-electron chi connectivity index (χ3n) is 2.58. The molecule has 1 aliphatic rings. The fourth-order valence-corrected chi connectivity index (χ4v) is 1.63. The number of aromatic carboxylic acids is 1. The largest absolute Gasteiger partial charge is 0.478 e. The van der Waals surface area contributed by atoms with E-state index in [1.165, 1.54) is 19.2 Å². The Morgan fingerprint density at radius 2 is 2.24 bits per heavy atom. The SMILES string of the molecule is COC1CNc2ccc(C(=O)O)cc2NC1=O. The third-order valence-corrected chi connectivity index (χ3v) is 2.58. The van der Waals surface area contributed by atoms with Gasteiger partial charge in [0.25, 0.3) is 5.91 Å². The number of amides is 1. The van der Waals surface area contributed by atoms with Gasteiger partial charge in [0.15, 0.2) is 6.10 Å². The van der Waals surface area contributed by atoms with Crippen LogP contribution in [0, 0.1) is 0 Å². The van der Waals surface area contributed by atoms with Crippen molar-refractivity contribution in [3.63, 3.8) is 0 Å². The first kappa shape index (κ1) is 11.4. The van der Waals surface area contributed by atoms with Crippen molar-refractivity contribution in [2.24, 2.45) is 0 Å². The Morgan fingerprint density at radius 1 is 1.47 bits per heavy atom. The summed E-state index contributed by atoms with van der Waals surface area (Å²) < 4.78 is 5.00. The first-order valence-corrected chi connectivity index (χ1v) is 5.06. The van der Waals surface area contributed by atoms with Gasteiger partial charge in [-0.1, -0.05) is 0 Å². The quantitative estimate of drug-likeness (QED) is 0.705. The number of carbonyl (C=O) groups is 2. The van der Waals surface area contributed by atoms with Gasteiger partial charge in [-0.3, -0.25) is 4.79 Å². The molecular weight excluding hydrogens is 224 g/mol. The normalized spacial score (nSPS) is 18.6. The van der Waals surface area contributed by atoms with Crippen LogP contribution in [-0.2, 0) is 9.53 Å². The predicted molar refractivity (Wildman–Crippen MR) is 61.3 cm³/mol. The molecule has 1 heterocycles. The maximum Gasteiger partial charge on any atom is 0.335 e. The maximum absolute atomic E-state index is 11.7. The number of carbonyl (C=O) groups excluding carboxylic acids is 1. The summed E-state index contributed by atoms with van der Waals surface area (Å²) in [4.78, 5) is 22.5. The number of carboxylic acids is 1. The van der Waals surface area contributed by atoms with Gasteiger partial charge in [-0.2, -0.15) is 0 Å². The molecule has 17 heavy (non-hydrogen) atoms. The molecule has 1 aromatic rings. The van der Waals surface area contributed by atoms with Crippen LogP contribution in [0.4, 0.5) is 11.4 Å². The molecule has 1 aliphatic heterocycles. The molecule has 0 aromatic heterocycles. The predicted octanol–water partition coefficient (Wildman–Crippen LogP) is 0.764. The summed E-state index contributed by atoms with van der Waals surface area (Å²) in [6.07, 6.45) is -0.587. The van der Waals surface area contributed by atoms with E-state index < -0.39 is 12.1 Å². The summed E-state index contributed by atoms with van der Waals surface area (Å²) in [6.45, 7) is 0.349. The molecule has 0 aliphatic carbocycles. The molecule has 0 saturated carbocycles. The number of ether oxygens (including phenoxy) is 1. The Morgan fingerprint density at radius 3 is 2.88 bits per heavy atom. The van der Waals surface area contributed by atoms with Crippen molar-refractivity contribution in [1.82, 2.24) is 0 Å². The van der Waals surface area contributed by atoms with Crippen molar-refractivity contribution in [2.45, 2.75) is 6.10 Å². The highest BCUT2D eigenvalue weighted by molar-refractivity contribution is 6.00. The Hall–Kier alpha value is -2.08. The van der Waals surface area contributed by atoms with Crippen molar-refractivity contribution in [1.29, 1.82) is 0 Å². The topological polar surface area (TPSA) is 87.7 Å². The summed E-state index contributed by atoms with van der Waals surface area (Å²) in [6, 6.07) is 4.52. The fraction of sp³-hybridized carbons (Fsp3) is 0.273. The third kappa shape index (κ3) is 2.21. The van der Waals surface area contributed by atoms with Gasteiger partial charge >= 0.3 is 5.97 Å². The number of rotatable bonds is 2. The van der Waals surface area contributed by atoms with Crippen LogP contribution in [0.3, 0.4) is 0 Å². The second kappa shape index (κ2) is 4.42. The number of carboxylic acid groups (broad SMARTS) is 1. The van der Waals surface area contributed by atoms with Gasteiger partial charge in [-0.15, -0.1) is 0 Å². The van der Waals surface area contributed by atoms with Crippen LogP contribution in [0.2, 0.25) is 0 Å². The molecule has 6 nitrogen and oxygen atoms in total.